The predicted octanol–water partition coefficient (Wildman–Crippen LogP) is 0.849. The molecule has 3 rings (SSSR count). The number of benzene rings is 1. The fraction of sp³-hybridized carbons (Fsp3) is 0.0625. The molecule has 1 aromatic carbocycles. The van der Waals surface area contributed by atoms with Crippen molar-refractivity contribution < 1.29 is 19.2 Å². The van der Waals surface area contributed by atoms with Crippen LogP contribution in [0.1, 0.15) is 26.5 Å². The van der Waals surface area contributed by atoms with Crippen molar-refractivity contribution in [2.45, 2.75) is 6.54 Å². The zero-order valence-electron chi connectivity index (χ0n) is 12.7. The number of rotatable bonds is 5. The Kier molecular flexibility index (Phi) is 4.38. The van der Waals surface area contributed by atoms with Gasteiger partial charge in [0.25, 0.3) is 11.5 Å². The zero-order valence-corrected chi connectivity index (χ0v) is 12.7. The number of para-hydroxylation sites is 1. The first-order chi connectivity index (χ1) is 12.1. The third-order valence-electron chi connectivity index (χ3n) is 3.32. The third kappa shape index (κ3) is 3.44. The quantitative estimate of drug-likeness (QED) is 0.704. The maximum Gasteiger partial charge on any atom is 0.341 e. The molecule has 25 heavy (non-hydrogen) atoms. The van der Waals surface area contributed by atoms with E-state index in [1.165, 1.54) is 12.1 Å². The van der Waals surface area contributed by atoms with Gasteiger partial charge in [-0.25, -0.2) is 4.79 Å². The van der Waals surface area contributed by atoms with Gasteiger partial charge in [-0.2, -0.15) is 9.78 Å². The van der Waals surface area contributed by atoms with E-state index < -0.39 is 11.9 Å². The van der Waals surface area contributed by atoms with Gasteiger partial charge in [0.2, 0.25) is 0 Å². The summed E-state index contributed by atoms with van der Waals surface area (Å²) < 4.78 is 5.70. The Bertz CT molecular complexity index is 977. The molecule has 0 saturated carbocycles. The number of hydrogen-bond donors (Lipinski definition) is 2. The largest absolute Gasteiger partial charge is 0.478 e. The Morgan fingerprint density at radius 3 is 2.64 bits per heavy atom. The summed E-state index contributed by atoms with van der Waals surface area (Å²) >= 11 is 0. The number of nitrogens with zero attached hydrogens (tertiary/aromatic N) is 3. The van der Waals surface area contributed by atoms with E-state index in [9.17, 15) is 14.4 Å². The second-order valence-corrected chi connectivity index (χ2v) is 4.97. The molecule has 2 N–H and O–H groups in total. The molecule has 0 aliphatic rings. The molecular weight excluding hydrogens is 328 g/mol. The number of nitrogens with one attached hydrogen (secondary N) is 1. The van der Waals surface area contributed by atoms with Gasteiger partial charge in [-0.3, -0.25) is 9.59 Å². The van der Waals surface area contributed by atoms with Crippen LogP contribution in [0, 0.1) is 0 Å². The molecule has 0 bridgehead atoms. The molecule has 9 heteroatoms. The van der Waals surface area contributed by atoms with Crippen molar-refractivity contribution in [3.05, 3.63) is 76.0 Å². The molecule has 3 aromatic rings. The summed E-state index contributed by atoms with van der Waals surface area (Å²) in [5.74, 6) is -1.79. The van der Waals surface area contributed by atoms with E-state index in [0.717, 1.165) is 10.9 Å². The molecular formula is C16H12N4O5. The number of aromatic carboxylic acids is 1. The minimum absolute atomic E-state index is 0.00354. The molecule has 126 valence electrons. The van der Waals surface area contributed by atoms with Gasteiger partial charge in [0.15, 0.2) is 0 Å². The maximum absolute atomic E-state index is 12.2. The Labute approximate surface area is 140 Å². The number of hydrogen-bond acceptors (Lipinski definition) is 6. The molecule has 0 aliphatic carbocycles. The topological polar surface area (TPSA) is 127 Å². The first-order valence-corrected chi connectivity index (χ1v) is 7.17. The van der Waals surface area contributed by atoms with E-state index in [1.54, 1.807) is 30.3 Å². The Balaban J connectivity index is 1.80. The van der Waals surface area contributed by atoms with Crippen LogP contribution in [0.15, 0.2) is 58.0 Å². The number of carbonyl (C=O) groups excluding carboxylic acids is 1. The highest BCUT2D eigenvalue weighted by molar-refractivity contribution is 5.92. The van der Waals surface area contributed by atoms with Gasteiger partial charge >= 0.3 is 5.97 Å². The van der Waals surface area contributed by atoms with Crippen LogP contribution in [0.2, 0.25) is 0 Å². The fourth-order valence-corrected chi connectivity index (χ4v) is 2.10. The van der Waals surface area contributed by atoms with E-state index in [2.05, 4.69) is 20.1 Å². The lowest BCUT2D eigenvalue weighted by atomic mass is 10.2. The van der Waals surface area contributed by atoms with Crippen molar-refractivity contribution in [1.29, 1.82) is 0 Å². The molecule has 2 aromatic heterocycles. The van der Waals surface area contributed by atoms with Crippen LogP contribution in [0.25, 0.3) is 5.69 Å². The van der Waals surface area contributed by atoms with E-state index in [1.807, 2.05) is 0 Å². The predicted molar refractivity (Wildman–Crippen MR) is 84.5 cm³/mol. The lowest BCUT2D eigenvalue weighted by molar-refractivity contribution is 0.0693. The summed E-state index contributed by atoms with van der Waals surface area (Å²) in [6, 6.07) is 11.2. The van der Waals surface area contributed by atoms with E-state index >= 15 is 0 Å². The van der Waals surface area contributed by atoms with Gasteiger partial charge in [0.1, 0.15) is 23.2 Å². The van der Waals surface area contributed by atoms with Gasteiger partial charge in [-0.05, 0) is 18.2 Å². The molecule has 0 atom stereocenters. The lowest BCUT2D eigenvalue weighted by Gasteiger charge is -2.07. The highest BCUT2D eigenvalue weighted by atomic mass is 16.5. The summed E-state index contributed by atoms with van der Waals surface area (Å²) in [6.07, 6.45) is 0.984. The maximum atomic E-state index is 12.2. The second kappa shape index (κ2) is 6.79. The standard InChI is InChI=1S/C16H12N4O5/c21-14-7-6-12(18-20(14)10-4-2-1-3-5-10)15(22)17-8-13-11(16(23)24)9-25-19-13/h1-7,9H,8H2,(H,17,22)(H,23,24). The molecule has 0 unspecified atom stereocenters. The Morgan fingerprint density at radius 1 is 1.16 bits per heavy atom. The van der Waals surface area contributed by atoms with Gasteiger partial charge < -0.3 is 14.9 Å². The molecule has 0 fully saturated rings. The summed E-state index contributed by atoms with van der Waals surface area (Å²) in [7, 11) is 0. The molecule has 0 spiro atoms. The van der Waals surface area contributed by atoms with Crippen LogP contribution < -0.4 is 10.9 Å². The normalized spacial score (nSPS) is 10.4. The van der Waals surface area contributed by atoms with Crippen LogP contribution in [-0.4, -0.2) is 31.9 Å². The van der Waals surface area contributed by atoms with Gasteiger partial charge in [-0.15, -0.1) is 0 Å². The molecule has 0 saturated heterocycles. The number of amides is 1. The lowest BCUT2D eigenvalue weighted by Crippen LogP contribution is -2.29. The van der Waals surface area contributed by atoms with E-state index in [4.69, 9.17) is 5.11 Å². The number of aromatic nitrogens is 3. The smallest absolute Gasteiger partial charge is 0.341 e. The van der Waals surface area contributed by atoms with Crippen LogP contribution in [-0.2, 0) is 6.54 Å². The molecule has 1 amide bonds. The van der Waals surface area contributed by atoms with E-state index in [0.29, 0.717) is 5.69 Å². The van der Waals surface area contributed by atoms with Crippen molar-refractivity contribution in [3.8, 4) is 5.69 Å². The van der Waals surface area contributed by atoms with Crippen LogP contribution in [0.4, 0.5) is 0 Å². The monoisotopic (exact) mass is 340 g/mol. The van der Waals surface area contributed by atoms with Gasteiger partial charge in [0, 0.05) is 6.07 Å². The molecule has 0 aliphatic heterocycles. The summed E-state index contributed by atoms with van der Waals surface area (Å²) in [4.78, 5) is 35.1. The van der Waals surface area contributed by atoms with Crippen molar-refractivity contribution >= 4 is 11.9 Å². The number of carbonyl (C=O) groups is 2. The van der Waals surface area contributed by atoms with Crippen LogP contribution in [0.3, 0.4) is 0 Å². The van der Waals surface area contributed by atoms with Crippen molar-refractivity contribution in [2.75, 3.05) is 0 Å². The fourth-order valence-electron chi connectivity index (χ4n) is 2.10. The summed E-state index contributed by atoms with van der Waals surface area (Å²) in [5.41, 5.74) is 0.0859. The third-order valence-corrected chi connectivity index (χ3v) is 3.32. The molecule has 0 radical (unpaired) electrons. The summed E-state index contributed by atoms with van der Waals surface area (Å²) in [5, 5.41) is 19.0. The van der Waals surface area contributed by atoms with Crippen molar-refractivity contribution in [2.24, 2.45) is 0 Å². The summed E-state index contributed by atoms with van der Waals surface area (Å²) in [6.45, 7) is -0.150. The minimum atomic E-state index is -1.21. The van der Waals surface area contributed by atoms with E-state index in [-0.39, 0.29) is 29.1 Å². The second-order valence-electron chi connectivity index (χ2n) is 4.97. The van der Waals surface area contributed by atoms with Gasteiger partial charge in [0.05, 0.1) is 12.2 Å². The zero-order chi connectivity index (χ0) is 17.8. The van der Waals surface area contributed by atoms with Gasteiger partial charge in [-0.1, -0.05) is 23.4 Å². The number of carboxylic acid groups (broad SMARTS) is 1. The van der Waals surface area contributed by atoms with Crippen LogP contribution in [0.5, 0.6) is 0 Å². The van der Waals surface area contributed by atoms with Crippen LogP contribution >= 0.6 is 0 Å². The molecule has 2 heterocycles. The Morgan fingerprint density at radius 2 is 1.92 bits per heavy atom. The minimum Gasteiger partial charge on any atom is -0.478 e. The number of carboxylic acids is 1. The Hall–Kier alpha value is -3.75. The van der Waals surface area contributed by atoms with Crippen molar-refractivity contribution in [1.82, 2.24) is 20.3 Å². The average Bonchev–Trinajstić information content (AvgIpc) is 3.10. The highest BCUT2D eigenvalue weighted by Gasteiger charge is 2.16. The highest BCUT2D eigenvalue weighted by Crippen LogP contribution is 2.07. The average molecular weight is 340 g/mol. The first-order valence-electron chi connectivity index (χ1n) is 7.17. The SMILES string of the molecule is O=C(NCc1nocc1C(=O)O)c1ccc(=O)n(-c2ccccc2)n1. The molecule has 9 nitrogen and oxygen atoms in total. The van der Waals surface area contributed by atoms with Crippen molar-refractivity contribution in [3.63, 3.8) is 0 Å². The first kappa shape index (κ1) is 16.1.